The maximum Gasteiger partial charge on any atom is 0.143 e. The van der Waals surface area contributed by atoms with Crippen molar-refractivity contribution in [2.24, 2.45) is 0 Å². The standard InChI is InChI=1S/C10H19NO2/c1-9(12)7-11(2)8-10-5-3-4-6-13-10/h10H,3-8H2,1-2H3. The highest BCUT2D eigenvalue weighted by atomic mass is 16.5. The van der Waals surface area contributed by atoms with E-state index in [0.29, 0.717) is 12.6 Å². The van der Waals surface area contributed by atoms with Crippen molar-refractivity contribution in [3.05, 3.63) is 0 Å². The van der Waals surface area contributed by atoms with E-state index in [1.54, 1.807) is 6.92 Å². The fourth-order valence-corrected chi connectivity index (χ4v) is 1.74. The van der Waals surface area contributed by atoms with Crippen LogP contribution >= 0.6 is 0 Å². The summed E-state index contributed by atoms with van der Waals surface area (Å²) >= 11 is 0. The molecular formula is C10H19NO2. The first-order valence-electron chi connectivity index (χ1n) is 4.98. The Balaban J connectivity index is 2.18. The van der Waals surface area contributed by atoms with Gasteiger partial charge in [0, 0.05) is 13.2 Å². The lowest BCUT2D eigenvalue weighted by Crippen LogP contribution is -2.35. The van der Waals surface area contributed by atoms with Gasteiger partial charge in [0.1, 0.15) is 5.78 Å². The van der Waals surface area contributed by atoms with Crippen molar-refractivity contribution >= 4 is 5.78 Å². The van der Waals surface area contributed by atoms with Crippen LogP contribution in [-0.2, 0) is 9.53 Å². The van der Waals surface area contributed by atoms with Gasteiger partial charge < -0.3 is 4.74 Å². The predicted octanol–water partition coefficient (Wildman–Crippen LogP) is 1.08. The average Bonchev–Trinajstić information content (AvgIpc) is 2.04. The van der Waals surface area contributed by atoms with Gasteiger partial charge in [0.25, 0.3) is 0 Å². The lowest BCUT2D eigenvalue weighted by Gasteiger charge is -2.26. The molecule has 0 aliphatic carbocycles. The van der Waals surface area contributed by atoms with Gasteiger partial charge in [-0.15, -0.1) is 0 Å². The van der Waals surface area contributed by atoms with Crippen molar-refractivity contribution < 1.29 is 9.53 Å². The molecule has 0 aromatic rings. The third-order valence-electron chi connectivity index (χ3n) is 2.28. The zero-order valence-electron chi connectivity index (χ0n) is 8.58. The van der Waals surface area contributed by atoms with Crippen LogP contribution < -0.4 is 0 Å². The molecular weight excluding hydrogens is 166 g/mol. The molecule has 0 amide bonds. The van der Waals surface area contributed by atoms with E-state index < -0.39 is 0 Å². The lowest BCUT2D eigenvalue weighted by molar-refractivity contribution is -0.118. The minimum Gasteiger partial charge on any atom is -0.377 e. The zero-order valence-corrected chi connectivity index (χ0v) is 8.58. The number of Topliss-reactive ketones (excluding diaryl/α,β-unsaturated/α-hetero) is 1. The summed E-state index contributed by atoms with van der Waals surface area (Å²) in [7, 11) is 1.97. The highest BCUT2D eigenvalue weighted by Crippen LogP contribution is 2.13. The van der Waals surface area contributed by atoms with Gasteiger partial charge >= 0.3 is 0 Å². The summed E-state index contributed by atoms with van der Waals surface area (Å²) in [6.07, 6.45) is 3.94. The molecule has 0 aromatic carbocycles. The van der Waals surface area contributed by atoms with E-state index in [1.807, 2.05) is 11.9 Å². The van der Waals surface area contributed by atoms with Gasteiger partial charge in [-0.25, -0.2) is 0 Å². The molecule has 1 saturated heterocycles. The van der Waals surface area contributed by atoms with Gasteiger partial charge in [0.15, 0.2) is 0 Å². The largest absolute Gasteiger partial charge is 0.377 e. The molecule has 0 spiro atoms. The summed E-state index contributed by atoms with van der Waals surface area (Å²) in [4.78, 5) is 12.9. The molecule has 1 fully saturated rings. The van der Waals surface area contributed by atoms with E-state index >= 15 is 0 Å². The third kappa shape index (κ3) is 4.39. The van der Waals surface area contributed by atoms with Gasteiger partial charge in [-0.1, -0.05) is 0 Å². The number of carbonyl (C=O) groups is 1. The molecule has 1 aliphatic rings. The minimum atomic E-state index is 0.221. The molecule has 0 saturated carbocycles. The number of hydrogen-bond donors (Lipinski definition) is 0. The number of carbonyl (C=O) groups excluding carboxylic acids is 1. The van der Waals surface area contributed by atoms with Crippen LogP contribution in [0.15, 0.2) is 0 Å². The molecule has 0 radical (unpaired) electrons. The molecule has 3 heteroatoms. The fourth-order valence-electron chi connectivity index (χ4n) is 1.74. The molecule has 1 atom stereocenters. The monoisotopic (exact) mass is 185 g/mol. The van der Waals surface area contributed by atoms with Crippen LogP contribution in [0.3, 0.4) is 0 Å². The first-order valence-corrected chi connectivity index (χ1v) is 4.98. The van der Waals surface area contributed by atoms with Crippen LogP contribution in [0.1, 0.15) is 26.2 Å². The van der Waals surface area contributed by atoms with E-state index in [0.717, 1.165) is 19.6 Å². The Labute approximate surface area is 80.1 Å². The third-order valence-corrected chi connectivity index (χ3v) is 2.28. The van der Waals surface area contributed by atoms with Crippen LogP contribution in [0, 0.1) is 0 Å². The summed E-state index contributed by atoms with van der Waals surface area (Å²) in [6.45, 7) is 3.94. The van der Waals surface area contributed by atoms with Crippen molar-refractivity contribution in [3.63, 3.8) is 0 Å². The van der Waals surface area contributed by atoms with Crippen molar-refractivity contribution in [1.29, 1.82) is 0 Å². The molecule has 0 aromatic heterocycles. The summed E-state index contributed by atoms with van der Waals surface area (Å²) in [5.41, 5.74) is 0. The first kappa shape index (κ1) is 10.7. The Morgan fingerprint density at radius 2 is 2.31 bits per heavy atom. The quantitative estimate of drug-likeness (QED) is 0.656. The van der Waals surface area contributed by atoms with E-state index in [-0.39, 0.29) is 5.78 Å². The Hall–Kier alpha value is -0.410. The molecule has 1 heterocycles. The fraction of sp³-hybridized carbons (Fsp3) is 0.900. The number of ketones is 1. The van der Waals surface area contributed by atoms with Gasteiger partial charge in [0.05, 0.1) is 12.6 Å². The molecule has 0 N–H and O–H groups in total. The normalized spacial score (nSPS) is 23.5. The Morgan fingerprint density at radius 3 is 2.85 bits per heavy atom. The van der Waals surface area contributed by atoms with Crippen LogP contribution in [-0.4, -0.2) is 43.5 Å². The first-order chi connectivity index (χ1) is 6.18. The Kier molecular flexibility index (Phi) is 4.39. The molecule has 3 nitrogen and oxygen atoms in total. The second-order valence-electron chi connectivity index (χ2n) is 3.89. The lowest BCUT2D eigenvalue weighted by atomic mass is 10.1. The van der Waals surface area contributed by atoms with Gasteiger partial charge in [0.2, 0.25) is 0 Å². The van der Waals surface area contributed by atoms with E-state index in [1.165, 1.54) is 12.8 Å². The number of nitrogens with zero attached hydrogens (tertiary/aromatic N) is 1. The van der Waals surface area contributed by atoms with Crippen LogP contribution in [0.2, 0.25) is 0 Å². The topological polar surface area (TPSA) is 29.5 Å². The van der Waals surface area contributed by atoms with Crippen molar-refractivity contribution in [3.8, 4) is 0 Å². The average molecular weight is 185 g/mol. The maximum absolute atomic E-state index is 10.8. The molecule has 13 heavy (non-hydrogen) atoms. The maximum atomic E-state index is 10.8. The zero-order chi connectivity index (χ0) is 9.68. The van der Waals surface area contributed by atoms with E-state index in [2.05, 4.69) is 0 Å². The van der Waals surface area contributed by atoms with E-state index in [4.69, 9.17) is 4.74 Å². The molecule has 0 bridgehead atoms. The summed E-state index contributed by atoms with van der Waals surface area (Å²) in [5, 5.41) is 0. The number of likely N-dealkylation sites (N-methyl/N-ethyl adjacent to an activating group) is 1. The number of rotatable bonds is 4. The van der Waals surface area contributed by atoms with Crippen molar-refractivity contribution in [2.45, 2.75) is 32.3 Å². The highest BCUT2D eigenvalue weighted by Gasteiger charge is 2.15. The van der Waals surface area contributed by atoms with Gasteiger partial charge in [-0.2, -0.15) is 0 Å². The molecule has 1 rings (SSSR count). The Morgan fingerprint density at radius 1 is 1.54 bits per heavy atom. The molecule has 1 unspecified atom stereocenters. The summed E-state index contributed by atoms with van der Waals surface area (Å²) in [6, 6.07) is 0. The summed E-state index contributed by atoms with van der Waals surface area (Å²) in [5.74, 6) is 0.221. The van der Waals surface area contributed by atoms with Crippen LogP contribution in [0.4, 0.5) is 0 Å². The smallest absolute Gasteiger partial charge is 0.143 e. The number of hydrogen-bond acceptors (Lipinski definition) is 3. The second kappa shape index (κ2) is 5.35. The highest BCUT2D eigenvalue weighted by molar-refractivity contribution is 5.77. The molecule has 1 aliphatic heterocycles. The Bertz CT molecular complexity index is 164. The second-order valence-corrected chi connectivity index (χ2v) is 3.89. The SMILES string of the molecule is CC(=O)CN(C)CC1CCCCO1. The minimum absolute atomic E-state index is 0.221. The van der Waals surface area contributed by atoms with Crippen molar-refractivity contribution in [1.82, 2.24) is 4.90 Å². The van der Waals surface area contributed by atoms with E-state index in [9.17, 15) is 4.79 Å². The van der Waals surface area contributed by atoms with Crippen molar-refractivity contribution in [2.75, 3.05) is 26.7 Å². The summed E-state index contributed by atoms with van der Waals surface area (Å²) < 4.78 is 5.58. The van der Waals surface area contributed by atoms with Gasteiger partial charge in [-0.05, 0) is 33.2 Å². The van der Waals surface area contributed by atoms with Crippen LogP contribution in [0.5, 0.6) is 0 Å². The molecule has 76 valence electrons. The predicted molar refractivity (Wildman–Crippen MR) is 51.8 cm³/mol. The number of ether oxygens (including phenoxy) is 1. The van der Waals surface area contributed by atoms with Gasteiger partial charge in [-0.3, -0.25) is 9.69 Å². The van der Waals surface area contributed by atoms with Crippen LogP contribution in [0.25, 0.3) is 0 Å².